The normalized spacial score (nSPS) is 10.6. The van der Waals surface area contributed by atoms with Crippen molar-refractivity contribution in [2.45, 2.75) is 0 Å². The minimum Gasteiger partial charge on any atom is -0.497 e. The van der Waals surface area contributed by atoms with Crippen LogP contribution in [0.4, 0.5) is 34.4 Å². The molecule has 0 N–H and O–H groups in total. The van der Waals surface area contributed by atoms with Gasteiger partial charge in [-0.2, -0.15) is 0 Å². The van der Waals surface area contributed by atoms with Crippen LogP contribution in [-0.4, -0.2) is 38.4 Å². The molecule has 2 aromatic heterocycles. The van der Waals surface area contributed by atoms with E-state index in [1.165, 1.54) is 0 Å². The van der Waals surface area contributed by atoms with Gasteiger partial charge in [-0.1, -0.05) is 24.3 Å². The van der Waals surface area contributed by atoms with Crippen molar-refractivity contribution in [2.24, 2.45) is 0 Å². The van der Waals surface area contributed by atoms with Crippen molar-refractivity contribution < 1.29 is 18.9 Å². The molecule has 4 aromatic carbocycles. The number of hydrogen-bond acceptors (Lipinski definition) is 8. The molecule has 0 spiro atoms. The first kappa shape index (κ1) is 30.0. The van der Waals surface area contributed by atoms with Crippen LogP contribution < -0.4 is 28.7 Å². The molecule has 0 saturated heterocycles. The quantitative estimate of drug-likeness (QED) is 0.144. The second-order valence-electron chi connectivity index (χ2n) is 10.3. The van der Waals surface area contributed by atoms with E-state index in [9.17, 15) is 0 Å². The van der Waals surface area contributed by atoms with Crippen LogP contribution >= 0.6 is 0 Å². The second kappa shape index (κ2) is 13.7. The Morgan fingerprint density at radius 1 is 0.348 bits per heavy atom. The molecule has 8 nitrogen and oxygen atoms in total. The van der Waals surface area contributed by atoms with Crippen molar-refractivity contribution in [2.75, 3.05) is 38.2 Å². The average molecular weight is 611 g/mol. The Morgan fingerprint density at radius 2 is 0.630 bits per heavy atom. The van der Waals surface area contributed by atoms with Crippen LogP contribution in [0.5, 0.6) is 23.0 Å². The molecule has 0 saturated carbocycles. The highest BCUT2D eigenvalue weighted by atomic mass is 16.5. The van der Waals surface area contributed by atoms with Crippen molar-refractivity contribution in [3.63, 3.8) is 0 Å². The third kappa shape index (κ3) is 6.42. The fourth-order valence-corrected chi connectivity index (χ4v) is 5.15. The van der Waals surface area contributed by atoms with Gasteiger partial charge in [0.25, 0.3) is 0 Å². The summed E-state index contributed by atoms with van der Waals surface area (Å²) in [5, 5.41) is 0. The molecular formula is C38H34N4O4. The van der Waals surface area contributed by atoms with Crippen molar-refractivity contribution in [1.82, 2.24) is 9.97 Å². The topological polar surface area (TPSA) is 69.2 Å². The van der Waals surface area contributed by atoms with Crippen LogP contribution in [0, 0.1) is 0 Å². The van der Waals surface area contributed by atoms with Gasteiger partial charge >= 0.3 is 0 Å². The summed E-state index contributed by atoms with van der Waals surface area (Å²) in [5.74, 6) is 4.52. The van der Waals surface area contributed by atoms with Crippen LogP contribution in [0.25, 0.3) is 11.1 Å². The Labute approximate surface area is 269 Å². The SMILES string of the molecule is COc1ccc(N(c2ccc(-c3ccc(N(c4ccc(OC)cc4)c4ccc(OC)cn4)cc3)cc2)c2ccc(OC)cn2)cc1. The number of benzene rings is 4. The molecule has 0 atom stereocenters. The molecule has 6 aromatic rings. The summed E-state index contributed by atoms with van der Waals surface area (Å²) in [7, 11) is 6.59. The number of rotatable bonds is 11. The Hall–Kier alpha value is -6.02. The summed E-state index contributed by atoms with van der Waals surface area (Å²) >= 11 is 0. The first-order valence-corrected chi connectivity index (χ1v) is 14.7. The van der Waals surface area contributed by atoms with Crippen molar-refractivity contribution in [3.05, 3.63) is 134 Å². The monoisotopic (exact) mass is 610 g/mol. The molecule has 8 heteroatoms. The summed E-state index contributed by atoms with van der Waals surface area (Å²) in [4.78, 5) is 13.5. The van der Waals surface area contributed by atoms with Gasteiger partial charge in [-0.05, 0) is 108 Å². The molecule has 46 heavy (non-hydrogen) atoms. The molecule has 0 unspecified atom stereocenters. The summed E-state index contributed by atoms with van der Waals surface area (Å²) in [6.45, 7) is 0. The first-order chi connectivity index (χ1) is 22.6. The van der Waals surface area contributed by atoms with Crippen LogP contribution in [-0.2, 0) is 0 Å². The lowest BCUT2D eigenvalue weighted by atomic mass is 10.0. The molecule has 0 fully saturated rings. The zero-order chi connectivity index (χ0) is 31.9. The van der Waals surface area contributed by atoms with E-state index in [-0.39, 0.29) is 0 Å². The van der Waals surface area contributed by atoms with E-state index >= 15 is 0 Å². The van der Waals surface area contributed by atoms with Crippen LogP contribution in [0.15, 0.2) is 134 Å². The third-order valence-electron chi connectivity index (χ3n) is 7.62. The maximum atomic E-state index is 5.38. The highest BCUT2D eigenvalue weighted by Gasteiger charge is 2.16. The first-order valence-electron chi connectivity index (χ1n) is 14.7. The molecule has 2 heterocycles. The van der Waals surface area contributed by atoms with E-state index in [1.54, 1.807) is 40.8 Å². The van der Waals surface area contributed by atoms with Gasteiger partial charge in [0.1, 0.15) is 34.6 Å². The Bertz CT molecular complexity index is 1610. The number of aromatic nitrogens is 2. The Morgan fingerprint density at radius 3 is 0.891 bits per heavy atom. The van der Waals surface area contributed by atoms with Crippen LogP contribution in [0.3, 0.4) is 0 Å². The lowest BCUT2D eigenvalue weighted by molar-refractivity contribution is 0.413. The maximum absolute atomic E-state index is 5.38. The Kier molecular flexibility index (Phi) is 8.97. The van der Waals surface area contributed by atoms with Gasteiger partial charge in [0.15, 0.2) is 0 Å². The van der Waals surface area contributed by atoms with Gasteiger partial charge in [0, 0.05) is 22.7 Å². The molecule has 0 radical (unpaired) electrons. The van der Waals surface area contributed by atoms with Crippen LogP contribution in [0.2, 0.25) is 0 Å². The van der Waals surface area contributed by atoms with E-state index in [0.29, 0.717) is 11.5 Å². The lowest BCUT2D eigenvalue weighted by Crippen LogP contribution is -2.11. The molecule has 0 aliphatic rings. The second-order valence-corrected chi connectivity index (χ2v) is 10.3. The Balaban J connectivity index is 1.31. The third-order valence-corrected chi connectivity index (χ3v) is 7.62. The molecule has 0 bridgehead atoms. The highest BCUT2D eigenvalue weighted by molar-refractivity contribution is 5.79. The van der Waals surface area contributed by atoms with Gasteiger partial charge in [0.05, 0.1) is 40.8 Å². The fourth-order valence-electron chi connectivity index (χ4n) is 5.15. The fraction of sp³-hybridized carbons (Fsp3) is 0.105. The molecule has 230 valence electrons. The van der Waals surface area contributed by atoms with Crippen LogP contribution in [0.1, 0.15) is 0 Å². The number of pyridine rings is 2. The van der Waals surface area contributed by atoms with Gasteiger partial charge in [-0.25, -0.2) is 9.97 Å². The van der Waals surface area contributed by atoms with Gasteiger partial charge < -0.3 is 18.9 Å². The van der Waals surface area contributed by atoms with Crippen molar-refractivity contribution in [1.29, 1.82) is 0 Å². The summed E-state index contributed by atoms with van der Waals surface area (Å²) < 4.78 is 21.4. The standard InChI is InChI=1S/C38H34N4O4/c1-43-33-17-13-31(14-18-33)41(37-23-21-35(45-3)25-39-37)29-9-5-27(6-10-29)28-7-11-30(12-8-28)42(32-15-19-34(44-2)20-16-32)38-24-22-36(46-4)26-40-38/h5-26H,1-4H3. The molecular weight excluding hydrogens is 576 g/mol. The maximum Gasteiger partial charge on any atom is 0.137 e. The molecule has 0 aliphatic carbocycles. The zero-order valence-corrected chi connectivity index (χ0v) is 26.1. The predicted octanol–water partition coefficient (Wildman–Crippen LogP) is 9.12. The van der Waals surface area contributed by atoms with E-state index < -0.39 is 0 Å². The number of nitrogens with zero attached hydrogens (tertiary/aromatic N) is 4. The lowest BCUT2D eigenvalue weighted by Gasteiger charge is -2.25. The largest absolute Gasteiger partial charge is 0.497 e. The predicted molar refractivity (Wildman–Crippen MR) is 183 cm³/mol. The minimum absolute atomic E-state index is 0.700. The van der Waals surface area contributed by atoms with Crippen molar-refractivity contribution >= 4 is 34.4 Å². The number of methoxy groups -OCH3 is 4. The molecule has 0 aliphatic heterocycles. The minimum atomic E-state index is 0.700. The van der Waals surface area contributed by atoms with Gasteiger partial charge in [-0.3, -0.25) is 9.80 Å². The van der Waals surface area contributed by atoms with Gasteiger partial charge in [-0.15, -0.1) is 0 Å². The highest BCUT2D eigenvalue weighted by Crippen LogP contribution is 2.38. The zero-order valence-electron chi connectivity index (χ0n) is 26.1. The smallest absolute Gasteiger partial charge is 0.137 e. The molecule has 6 rings (SSSR count). The van der Waals surface area contributed by atoms with E-state index in [1.807, 2.05) is 72.8 Å². The molecule has 0 amide bonds. The van der Waals surface area contributed by atoms with Crippen molar-refractivity contribution in [3.8, 4) is 34.1 Å². The average Bonchev–Trinajstić information content (AvgIpc) is 3.13. The summed E-state index contributed by atoms with van der Waals surface area (Å²) in [6.07, 6.45) is 3.44. The summed E-state index contributed by atoms with van der Waals surface area (Å²) in [6, 6.07) is 40.4. The number of hydrogen-bond donors (Lipinski definition) is 0. The van der Waals surface area contributed by atoms with E-state index in [2.05, 4.69) is 68.3 Å². The van der Waals surface area contributed by atoms with Gasteiger partial charge in [0.2, 0.25) is 0 Å². The number of anilines is 6. The van der Waals surface area contributed by atoms with E-state index in [4.69, 9.17) is 18.9 Å². The summed E-state index contributed by atoms with van der Waals surface area (Å²) in [5.41, 5.74) is 6.04. The number of ether oxygens (including phenoxy) is 4. The van der Waals surface area contributed by atoms with E-state index in [0.717, 1.165) is 57.0 Å².